The van der Waals surface area contributed by atoms with Crippen molar-refractivity contribution in [3.8, 4) is 17.2 Å². The van der Waals surface area contributed by atoms with Crippen LogP contribution >= 0.6 is 22.6 Å². The van der Waals surface area contributed by atoms with Crippen molar-refractivity contribution in [2.75, 3.05) is 60.1 Å². The summed E-state index contributed by atoms with van der Waals surface area (Å²) in [4.78, 5) is 10.9. The predicted octanol–water partition coefficient (Wildman–Crippen LogP) is 2.77. The van der Waals surface area contributed by atoms with Gasteiger partial charge in [-0.1, -0.05) is 33.3 Å². The molecule has 1 saturated heterocycles. The number of ether oxygens (including phenoxy) is 3. The van der Waals surface area contributed by atoms with Gasteiger partial charge in [-0.25, -0.2) is 0 Å². The lowest BCUT2D eigenvalue weighted by molar-refractivity contribution is 0.0101. The van der Waals surface area contributed by atoms with E-state index in [2.05, 4.69) is 48.6 Å². The Labute approximate surface area is 185 Å². The minimum absolute atomic E-state index is 0.0220. The van der Waals surface area contributed by atoms with Crippen LogP contribution in [0.1, 0.15) is 12.5 Å². The number of benzene rings is 1. The lowest BCUT2D eigenvalue weighted by atomic mass is 9.90. The van der Waals surface area contributed by atoms with E-state index in [9.17, 15) is 0 Å². The topological polar surface area (TPSA) is 55.8 Å². The van der Waals surface area contributed by atoms with E-state index < -0.39 is 0 Å². The Morgan fingerprint density at radius 1 is 1.17 bits per heavy atom. The monoisotopic (exact) mass is 513 g/mol. The van der Waals surface area contributed by atoms with Crippen molar-refractivity contribution in [3.05, 3.63) is 27.4 Å². The van der Waals surface area contributed by atoms with Gasteiger partial charge in [-0.15, -0.1) is 0 Å². The Kier molecular flexibility index (Phi) is 6.50. The first-order valence-corrected chi connectivity index (χ1v) is 11.2. The number of methoxy groups -OCH3 is 2. The quantitative estimate of drug-likeness (QED) is 0.546. The van der Waals surface area contributed by atoms with Crippen LogP contribution in [0.4, 0.5) is 0 Å². The van der Waals surface area contributed by atoms with Crippen LogP contribution in [-0.2, 0) is 4.84 Å². The van der Waals surface area contributed by atoms with E-state index in [1.54, 1.807) is 14.2 Å². The zero-order chi connectivity index (χ0) is 20.4. The van der Waals surface area contributed by atoms with Crippen molar-refractivity contribution >= 4 is 28.3 Å². The summed E-state index contributed by atoms with van der Waals surface area (Å²) in [6.07, 6.45) is 0.0220. The molecule has 1 aromatic carbocycles. The van der Waals surface area contributed by atoms with Crippen LogP contribution in [0.15, 0.2) is 26.9 Å². The zero-order valence-corrected chi connectivity index (χ0v) is 19.3. The van der Waals surface area contributed by atoms with E-state index in [0.29, 0.717) is 18.1 Å². The molecular formula is C21H28IN3O4. The van der Waals surface area contributed by atoms with Crippen LogP contribution in [-0.4, -0.2) is 81.7 Å². The van der Waals surface area contributed by atoms with Crippen LogP contribution in [0.25, 0.3) is 0 Å². The third kappa shape index (κ3) is 4.34. The molecule has 2 atom stereocenters. The average molecular weight is 513 g/mol. The van der Waals surface area contributed by atoms with Gasteiger partial charge in [0.05, 0.1) is 20.1 Å². The number of hydrogen-bond acceptors (Lipinski definition) is 7. The number of halogens is 1. The lowest BCUT2D eigenvalue weighted by Gasteiger charge is -2.36. The van der Waals surface area contributed by atoms with E-state index >= 15 is 0 Å². The fraction of sp³-hybridized carbons (Fsp3) is 0.571. The van der Waals surface area contributed by atoms with Crippen molar-refractivity contribution in [3.63, 3.8) is 0 Å². The molecule has 0 aromatic heterocycles. The second-order valence-corrected chi connectivity index (χ2v) is 8.40. The predicted molar refractivity (Wildman–Crippen MR) is 121 cm³/mol. The third-order valence-electron chi connectivity index (χ3n) is 5.83. The van der Waals surface area contributed by atoms with Crippen molar-refractivity contribution < 1.29 is 19.0 Å². The van der Waals surface area contributed by atoms with Crippen molar-refractivity contribution in [1.82, 2.24) is 9.80 Å². The van der Waals surface area contributed by atoms with Gasteiger partial charge in [-0.3, -0.25) is 9.80 Å². The molecule has 1 aromatic rings. The van der Waals surface area contributed by atoms with E-state index in [4.69, 9.17) is 19.0 Å². The minimum atomic E-state index is 0.0220. The fourth-order valence-corrected chi connectivity index (χ4v) is 4.37. The van der Waals surface area contributed by atoms with Crippen LogP contribution < -0.4 is 14.2 Å². The molecule has 8 heteroatoms. The Morgan fingerprint density at radius 2 is 1.86 bits per heavy atom. The zero-order valence-electron chi connectivity index (χ0n) is 17.2. The molecule has 0 N–H and O–H groups in total. The lowest BCUT2D eigenvalue weighted by Crippen LogP contribution is -2.50. The molecule has 0 saturated carbocycles. The van der Waals surface area contributed by atoms with Crippen molar-refractivity contribution in [2.24, 2.45) is 11.1 Å². The summed E-state index contributed by atoms with van der Waals surface area (Å²) in [5.74, 6) is 2.25. The molecule has 0 radical (unpaired) electrons. The highest BCUT2D eigenvalue weighted by Crippen LogP contribution is 2.40. The van der Waals surface area contributed by atoms with Gasteiger partial charge in [0.1, 0.15) is 18.1 Å². The second-order valence-electron chi connectivity index (χ2n) is 7.77. The number of nitrogens with zero attached hydrogens (tertiary/aromatic N) is 3. The fourth-order valence-electron chi connectivity index (χ4n) is 4.17. The van der Waals surface area contributed by atoms with Gasteiger partial charge >= 0.3 is 0 Å². The molecule has 4 rings (SSSR count). The molecular weight excluding hydrogens is 485 g/mol. The third-order valence-corrected chi connectivity index (χ3v) is 6.89. The van der Waals surface area contributed by atoms with Crippen LogP contribution in [0.5, 0.6) is 17.2 Å². The average Bonchev–Trinajstić information content (AvgIpc) is 3.17. The maximum absolute atomic E-state index is 6.04. The number of fused-ring (bicyclic) bond motifs is 3. The molecule has 3 aliphatic heterocycles. The Morgan fingerprint density at radius 3 is 2.55 bits per heavy atom. The largest absolute Gasteiger partial charge is 0.493 e. The molecule has 0 spiro atoms. The smallest absolute Gasteiger partial charge is 0.164 e. The maximum Gasteiger partial charge on any atom is 0.164 e. The number of hydrogen-bond donors (Lipinski definition) is 0. The highest BCUT2D eigenvalue weighted by molar-refractivity contribution is 14.1. The molecule has 0 aliphatic carbocycles. The van der Waals surface area contributed by atoms with Gasteiger partial charge in [0.15, 0.2) is 17.6 Å². The summed E-state index contributed by atoms with van der Waals surface area (Å²) in [6, 6.07) is 3.80. The van der Waals surface area contributed by atoms with Crippen LogP contribution in [0.3, 0.4) is 0 Å². The molecule has 2 unspecified atom stereocenters. The van der Waals surface area contributed by atoms with Gasteiger partial charge < -0.3 is 19.0 Å². The number of oxime groups is 1. The van der Waals surface area contributed by atoms with Gasteiger partial charge in [0, 0.05) is 50.9 Å². The molecule has 0 amide bonds. The first kappa shape index (κ1) is 20.7. The normalized spacial score (nSPS) is 24.8. The van der Waals surface area contributed by atoms with Gasteiger partial charge in [-0.2, -0.15) is 0 Å². The summed E-state index contributed by atoms with van der Waals surface area (Å²) in [7, 11) is 3.26. The van der Waals surface area contributed by atoms with Crippen molar-refractivity contribution in [2.45, 2.75) is 13.0 Å². The molecule has 158 valence electrons. The van der Waals surface area contributed by atoms with Crippen molar-refractivity contribution in [1.29, 1.82) is 0 Å². The summed E-state index contributed by atoms with van der Waals surface area (Å²) in [5.41, 5.74) is 3.31. The van der Waals surface area contributed by atoms with E-state index in [-0.39, 0.29) is 12.0 Å². The Balaban J connectivity index is 1.39. The SMILES string of the molecule is COc1cc2c(cc1OC)C1=NOC(CN3CCN(CC(C)=CI)CC3)C1CO2. The highest BCUT2D eigenvalue weighted by atomic mass is 127. The highest BCUT2D eigenvalue weighted by Gasteiger charge is 2.41. The molecule has 7 nitrogen and oxygen atoms in total. The summed E-state index contributed by atoms with van der Waals surface area (Å²) >= 11 is 2.32. The maximum atomic E-state index is 6.04. The summed E-state index contributed by atoms with van der Waals surface area (Å²) in [6.45, 7) is 8.98. The van der Waals surface area contributed by atoms with E-state index in [1.807, 2.05) is 12.1 Å². The van der Waals surface area contributed by atoms with Crippen LogP contribution in [0, 0.1) is 5.92 Å². The van der Waals surface area contributed by atoms with E-state index in [1.165, 1.54) is 5.57 Å². The number of rotatable bonds is 6. The first-order valence-electron chi connectivity index (χ1n) is 9.96. The Hall–Kier alpha value is -1.52. The Bertz CT molecular complexity index is 805. The second kappa shape index (κ2) is 9.09. The summed E-state index contributed by atoms with van der Waals surface area (Å²) < 4.78 is 19.0. The van der Waals surface area contributed by atoms with Gasteiger partial charge in [-0.05, 0) is 17.1 Å². The van der Waals surface area contributed by atoms with Crippen LogP contribution in [0.2, 0.25) is 0 Å². The van der Waals surface area contributed by atoms with Gasteiger partial charge in [0.2, 0.25) is 0 Å². The molecule has 29 heavy (non-hydrogen) atoms. The molecule has 3 aliphatic rings. The molecule has 0 bridgehead atoms. The standard InChI is InChI=1S/C21H28IN3O4/c1-14(10-22)11-24-4-6-25(7-5-24)12-20-16-13-28-17-9-19(27-3)18(26-2)8-15(17)21(16)23-29-20/h8-10,16,20H,4-7,11-13H2,1-3H3. The van der Waals surface area contributed by atoms with Gasteiger partial charge in [0.25, 0.3) is 0 Å². The first-order chi connectivity index (χ1) is 14.1. The molecule has 3 heterocycles. The van der Waals surface area contributed by atoms with E-state index in [0.717, 1.165) is 56.3 Å². The molecule has 1 fully saturated rings. The summed E-state index contributed by atoms with van der Waals surface area (Å²) in [5, 5.41) is 4.44. The number of piperazine rings is 1. The minimum Gasteiger partial charge on any atom is -0.493 e.